The molecule has 1 aromatic carbocycles. The van der Waals surface area contributed by atoms with E-state index >= 15 is 0 Å². The van der Waals surface area contributed by atoms with Crippen molar-refractivity contribution in [3.8, 4) is 0 Å². The van der Waals surface area contributed by atoms with Gasteiger partial charge in [0, 0.05) is 6.20 Å². The Labute approximate surface area is 147 Å². The normalized spacial score (nSPS) is 11.9. The Hall–Kier alpha value is -3.56. The summed E-state index contributed by atoms with van der Waals surface area (Å²) in [5.41, 5.74) is 1.02. The van der Waals surface area contributed by atoms with Crippen LogP contribution in [0.4, 0.5) is 10.3 Å². The zero-order valence-electron chi connectivity index (χ0n) is 13.7. The van der Waals surface area contributed by atoms with Crippen LogP contribution in [0.1, 0.15) is 28.9 Å². The van der Waals surface area contributed by atoms with Crippen LogP contribution < -0.4 is 5.32 Å². The van der Waals surface area contributed by atoms with Gasteiger partial charge in [-0.2, -0.15) is 5.10 Å². The Morgan fingerprint density at radius 2 is 2.04 bits per heavy atom. The number of rotatable bonds is 6. The first kappa shape index (κ1) is 17.3. The lowest BCUT2D eigenvalue weighted by atomic mass is 10.2. The Kier molecular flexibility index (Phi) is 4.74. The van der Waals surface area contributed by atoms with Gasteiger partial charge in [0.1, 0.15) is 18.2 Å². The number of nitrogens with one attached hydrogen (secondary N) is 1. The SMILES string of the molecule is CC(C(=O)O)n1cc(C(=O)Nc2ncn(Cc3ccc(F)cc3)n2)cn1. The number of carbonyl (C=O) groups excluding carboxylic acids is 1. The summed E-state index contributed by atoms with van der Waals surface area (Å²) in [6, 6.07) is 5.08. The molecular weight excluding hydrogens is 343 g/mol. The summed E-state index contributed by atoms with van der Waals surface area (Å²) in [5.74, 6) is -1.79. The van der Waals surface area contributed by atoms with Gasteiger partial charge >= 0.3 is 5.97 Å². The van der Waals surface area contributed by atoms with Crippen molar-refractivity contribution in [3.05, 3.63) is 59.9 Å². The van der Waals surface area contributed by atoms with Crippen LogP contribution >= 0.6 is 0 Å². The van der Waals surface area contributed by atoms with Gasteiger partial charge in [-0.1, -0.05) is 12.1 Å². The molecule has 0 bridgehead atoms. The molecule has 1 amide bonds. The third kappa shape index (κ3) is 3.91. The molecule has 134 valence electrons. The summed E-state index contributed by atoms with van der Waals surface area (Å²) >= 11 is 0. The van der Waals surface area contributed by atoms with Gasteiger partial charge < -0.3 is 5.11 Å². The molecule has 1 atom stereocenters. The molecule has 0 saturated heterocycles. The van der Waals surface area contributed by atoms with E-state index in [4.69, 9.17) is 5.11 Å². The quantitative estimate of drug-likeness (QED) is 0.691. The number of hydrogen-bond donors (Lipinski definition) is 2. The second-order valence-electron chi connectivity index (χ2n) is 5.57. The van der Waals surface area contributed by atoms with Gasteiger partial charge in [-0.25, -0.2) is 18.9 Å². The Morgan fingerprint density at radius 1 is 1.31 bits per heavy atom. The molecule has 10 heteroatoms. The second-order valence-corrected chi connectivity index (χ2v) is 5.57. The van der Waals surface area contributed by atoms with Crippen LogP contribution in [-0.2, 0) is 11.3 Å². The molecular formula is C16H15FN6O3. The zero-order chi connectivity index (χ0) is 18.7. The van der Waals surface area contributed by atoms with Crippen molar-refractivity contribution < 1.29 is 19.1 Å². The van der Waals surface area contributed by atoms with E-state index in [0.717, 1.165) is 5.56 Å². The lowest BCUT2D eigenvalue weighted by molar-refractivity contribution is -0.140. The second kappa shape index (κ2) is 7.13. The topological polar surface area (TPSA) is 115 Å². The van der Waals surface area contributed by atoms with Gasteiger partial charge in [-0.3, -0.25) is 14.8 Å². The Balaban J connectivity index is 1.64. The Bertz CT molecular complexity index is 934. The fraction of sp³-hybridized carbons (Fsp3) is 0.188. The number of hydrogen-bond acceptors (Lipinski definition) is 5. The number of aliphatic carboxylic acids is 1. The molecule has 3 aromatic rings. The minimum atomic E-state index is -1.05. The number of anilines is 1. The number of carbonyl (C=O) groups is 2. The summed E-state index contributed by atoms with van der Waals surface area (Å²) in [4.78, 5) is 27.1. The maximum atomic E-state index is 12.9. The van der Waals surface area contributed by atoms with Crippen molar-refractivity contribution in [1.82, 2.24) is 24.5 Å². The van der Waals surface area contributed by atoms with Crippen LogP contribution in [0.3, 0.4) is 0 Å². The smallest absolute Gasteiger partial charge is 0.328 e. The summed E-state index contributed by atoms with van der Waals surface area (Å²) in [7, 11) is 0. The van der Waals surface area contributed by atoms with Crippen LogP contribution in [0.25, 0.3) is 0 Å². The molecule has 0 fully saturated rings. The van der Waals surface area contributed by atoms with Crippen molar-refractivity contribution in [2.24, 2.45) is 0 Å². The van der Waals surface area contributed by atoms with E-state index in [1.165, 1.54) is 47.1 Å². The molecule has 0 aliphatic heterocycles. The molecule has 2 N–H and O–H groups in total. The molecule has 2 heterocycles. The van der Waals surface area contributed by atoms with E-state index in [1.807, 2.05) is 0 Å². The molecule has 0 aliphatic carbocycles. The standard InChI is InChI=1S/C16H15FN6O3/c1-10(15(25)26)23-8-12(6-19-23)14(24)20-16-18-9-22(21-16)7-11-2-4-13(17)5-3-11/h2-6,8-10H,7H2,1H3,(H,25,26)(H,20,21,24). The molecule has 0 radical (unpaired) electrons. The maximum absolute atomic E-state index is 12.9. The fourth-order valence-electron chi connectivity index (χ4n) is 2.16. The average molecular weight is 358 g/mol. The fourth-order valence-corrected chi connectivity index (χ4v) is 2.16. The van der Waals surface area contributed by atoms with E-state index < -0.39 is 17.9 Å². The van der Waals surface area contributed by atoms with Gasteiger partial charge in [-0.15, -0.1) is 5.10 Å². The predicted molar refractivity (Wildman–Crippen MR) is 88.1 cm³/mol. The van der Waals surface area contributed by atoms with Crippen molar-refractivity contribution >= 4 is 17.8 Å². The summed E-state index contributed by atoms with van der Waals surface area (Å²) in [6.07, 6.45) is 4.04. The van der Waals surface area contributed by atoms with Gasteiger partial charge in [0.2, 0.25) is 5.95 Å². The van der Waals surface area contributed by atoms with E-state index in [2.05, 4.69) is 20.5 Å². The first-order valence-electron chi connectivity index (χ1n) is 7.64. The summed E-state index contributed by atoms with van der Waals surface area (Å²) in [5, 5.41) is 19.5. The number of carboxylic acids is 1. The van der Waals surface area contributed by atoms with Crippen LogP contribution in [0, 0.1) is 5.82 Å². The summed E-state index contributed by atoms with van der Waals surface area (Å²) in [6.45, 7) is 1.83. The highest BCUT2D eigenvalue weighted by atomic mass is 19.1. The minimum absolute atomic E-state index is 0.0937. The summed E-state index contributed by atoms with van der Waals surface area (Å²) < 4.78 is 15.6. The van der Waals surface area contributed by atoms with Crippen molar-refractivity contribution in [3.63, 3.8) is 0 Å². The number of aromatic nitrogens is 5. The number of halogens is 1. The monoisotopic (exact) mass is 358 g/mol. The highest BCUT2D eigenvalue weighted by Crippen LogP contribution is 2.09. The highest BCUT2D eigenvalue weighted by Gasteiger charge is 2.17. The molecule has 1 unspecified atom stereocenters. The lowest BCUT2D eigenvalue weighted by Gasteiger charge is -2.05. The highest BCUT2D eigenvalue weighted by molar-refractivity contribution is 6.02. The van der Waals surface area contributed by atoms with Crippen molar-refractivity contribution in [2.45, 2.75) is 19.5 Å². The van der Waals surface area contributed by atoms with E-state index in [0.29, 0.717) is 6.54 Å². The molecule has 3 rings (SSSR count). The third-order valence-electron chi connectivity index (χ3n) is 3.64. The predicted octanol–water partition coefficient (Wildman–Crippen LogP) is 1.56. The van der Waals surface area contributed by atoms with Gasteiger partial charge in [0.15, 0.2) is 0 Å². The third-order valence-corrected chi connectivity index (χ3v) is 3.64. The van der Waals surface area contributed by atoms with E-state index in [9.17, 15) is 14.0 Å². The van der Waals surface area contributed by atoms with Gasteiger partial charge in [-0.05, 0) is 24.6 Å². The average Bonchev–Trinajstić information content (AvgIpc) is 3.26. The Morgan fingerprint density at radius 3 is 2.73 bits per heavy atom. The van der Waals surface area contributed by atoms with Crippen LogP contribution in [0.5, 0.6) is 0 Å². The number of carboxylic acid groups (broad SMARTS) is 1. The van der Waals surface area contributed by atoms with Gasteiger partial charge in [0.05, 0.1) is 18.3 Å². The maximum Gasteiger partial charge on any atom is 0.328 e. The molecule has 9 nitrogen and oxygen atoms in total. The van der Waals surface area contributed by atoms with Crippen molar-refractivity contribution in [1.29, 1.82) is 0 Å². The van der Waals surface area contributed by atoms with Crippen LogP contribution in [0.2, 0.25) is 0 Å². The van der Waals surface area contributed by atoms with E-state index in [-0.39, 0.29) is 17.3 Å². The molecule has 2 aromatic heterocycles. The largest absolute Gasteiger partial charge is 0.480 e. The van der Waals surface area contributed by atoms with E-state index in [1.54, 1.807) is 12.1 Å². The molecule has 0 saturated carbocycles. The first-order valence-corrected chi connectivity index (χ1v) is 7.64. The van der Waals surface area contributed by atoms with Crippen LogP contribution in [-0.4, -0.2) is 41.5 Å². The van der Waals surface area contributed by atoms with Gasteiger partial charge in [0.25, 0.3) is 5.91 Å². The molecule has 0 aliphatic rings. The number of benzene rings is 1. The molecule has 26 heavy (non-hydrogen) atoms. The van der Waals surface area contributed by atoms with Crippen LogP contribution in [0.15, 0.2) is 43.0 Å². The number of amides is 1. The minimum Gasteiger partial charge on any atom is -0.480 e. The molecule has 0 spiro atoms. The first-order chi connectivity index (χ1) is 12.4. The lowest BCUT2D eigenvalue weighted by Crippen LogP contribution is -2.16. The zero-order valence-corrected chi connectivity index (χ0v) is 13.7. The van der Waals surface area contributed by atoms with Crippen molar-refractivity contribution in [2.75, 3.05) is 5.32 Å². The number of nitrogens with zero attached hydrogens (tertiary/aromatic N) is 5.